The van der Waals surface area contributed by atoms with Crippen LogP contribution in [0.3, 0.4) is 0 Å². The first-order valence-corrected chi connectivity index (χ1v) is 6.06. The Morgan fingerprint density at radius 3 is 2.78 bits per heavy atom. The summed E-state index contributed by atoms with van der Waals surface area (Å²) in [6, 6.07) is 9.84. The Kier molecular flexibility index (Phi) is 4.18. The molecule has 1 aromatic heterocycles. The number of pyridine rings is 1. The van der Waals surface area contributed by atoms with E-state index in [0.29, 0.717) is 5.88 Å². The minimum Gasteiger partial charge on any atom is -0.481 e. The molecule has 2 aromatic rings. The van der Waals surface area contributed by atoms with Crippen molar-refractivity contribution >= 4 is 11.6 Å². The van der Waals surface area contributed by atoms with Gasteiger partial charge in [0.05, 0.1) is 7.11 Å². The number of nitrogens with one attached hydrogen (secondary N) is 1. The van der Waals surface area contributed by atoms with E-state index in [1.807, 2.05) is 31.3 Å². The first-order chi connectivity index (χ1) is 8.74. The third-order valence-electron chi connectivity index (χ3n) is 2.67. The van der Waals surface area contributed by atoms with Crippen LogP contribution in [-0.4, -0.2) is 19.1 Å². The van der Waals surface area contributed by atoms with Gasteiger partial charge in [-0.05, 0) is 30.3 Å². The topological polar surface area (TPSA) is 34.2 Å². The van der Waals surface area contributed by atoms with Crippen molar-refractivity contribution in [3.63, 3.8) is 0 Å². The third-order valence-corrected chi connectivity index (χ3v) is 2.98. The van der Waals surface area contributed by atoms with E-state index in [9.17, 15) is 0 Å². The molecule has 1 heterocycles. The summed E-state index contributed by atoms with van der Waals surface area (Å²) in [7, 11) is 3.51. The molecule has 0 saturated carbocycles. The number of hydrogen-bond donors (Lipinski definition) is 1. The standard InChI is InChI=1S/C14H15ClN2O/c1-16-9-10-3-4-12(13(15)7-10)11-5-6-17-14(8-11)18-2/h3-8,16H,9H2,1-2H3. The molecule has 2 rings (SSSR count). The van der Waals surface area contributed by atoms with Crippen molar-refractivity contribution in [2.75, 3.05) is 14.2 Å². The number of ether oxygens (including phenoxy) is 1. The Balaban J connectivity index is 2.38. The van der Waals surface area contributed by atoms with Crippen LogP contribution in [0.4, 0.5) is 0 Å². The van der Waals surface area contributed by atoms with E-state index in [2.05, 4.69) is 16.4 Å². The van der Waals surface area contributed by atoms with Gasteiger partial charge in [0.25, 0.3) is 0 Å². The highest BCUT2D eigenvalue weighted by molar-refractivity contribution is 6.33. The number of benzene rings is 1. The van der Waals surface area contributed by atoms with Gasteiger partial charge in [-0.2, -0.15) is 0 Å². The van der Waals surface area contributed by atoms with Crippen molar-refractivity contribution in [2.45, 2.75) is 6.54 Å². The van der Waals surface area contributed by atoms with Crippen LogP contribution in [0.25, 0.3) is 11.1 Å². The van der Waals surface area contributed by atoms with Gasteiger partial charge in [0.15, 0.2) is 0 Å². The molecule has 0 saturated heterocycles. The molecule has 0 aliphatic carbocycles. The van der Waals surface area contributed by atoms with Gasteiger partial charge >= 0.3 is 0 Å². The predicted molar refractivity (Wildman–Crippen MR) is 74.0 cm³/mol. The van der Waals surface area contributed by atoms with E-state index in [-0.39, 0.29) is 0 Å². The first kappa shape index (κ1) is 12.9. The fraction of sp³-hybridized carbons (Fsp3) is 0.214. The molecular weight excluding hydrogens is 248 g/mol. The molecule has 1 N–H and O–H groups in total. The maximum atomic E-state index is 6.31. The Labute approximate surface area is 112 Å². The first-order valence-electron chi connectivity index (χ1n) is 5.68. The van der Waals surface area contributed by atoms with E-state index in [1.165, 1.54) is 0 Å². The van der Waals surface area contributed by atoms with Crippen LogP contribution in [0.15, 0.2) is 36.5 Å². The molecule has 4 heteroatoms. The van der Waals surface area contributed by atoms with Crippen LogP contribution in [0.1, 0.15) is 5.56 Å². The van der Waals surface area contributed by atoms with Gasteiger partial charge in [-0.3, -0.25) is 0 Å². The molecule has 0 bridgehead atoms. The van der Waals surface area contributed by atoms with Crippen LogP contribution in [-0.2, 0) is 6.54 Å². The fourth-order valence-electron chi connectivity index (χ4n) is 1.80. The van der Waals surface area contributed by atoms with Crippen molar-refractivity contribution < 1.29 is 4.74 Å². The van der Waals surface area contributed by atoms with Crippen molar-refractivity contribution in [3.8, 4) is 17.0 Å². The molecule has 3 nitrogen and oxygen atoms in total. The summed E-state index contributed by atoms with van der Waals surface area (Å²) >= 11 is 6.31. The summed E-state index contributed by atoms with van der Waals surface area (Å²) in [5.74, 6) is 0.586. The van der Waals surface area contributed by atoms with Gasteiger partial charge in [-0.15, -0.1) is 0 Å². The number of hydrogen-bond acceptors (Lipinski definition) is 3. The van der Waals surface area contributed by atoms with E-state index < -0.39 is 0 Å². The van der Waals surface area contributed by atoms with Gasteiger partial charge in [0.2, 0.25) is 5.88 Å². The lowest BCUT2D eigenvalue weighted by Crippen LogP contribution is -2.04. The van der Waals surface area contributed by atoms with Crippen molar-refractivity contribution in [1.82, 2.24) is 10.3 Å². The molecule has 0 fully saturated rings. The second-order valence-corrected chi connectivity index (χ2v) is 4.34. The third kappa shape index (κ3) is 2.81. The minimum atomic E-state index is 0.586. The van der Waals surface area contributed by atoms with Gasteiger partial charge in [-0.25, -0.2) is 4.98 Å². The zero-order valence-corrected chi connectivity index (χ0v) is 11.2. The van der Waals surface area contributed by atoms with Gasteiger partial charge < -0.3 is 10.1 Å². The lowest BCUT2D eigenvalue weighted by Gasteiger charge is -2.08. The highest BCUT2D eigenvalue weighted by atomic mass is 35.5. The Morgan fingerprint density at radius 1 is 1.28 bits per heavy atom. The van der Waals surface area contributed by atoms with Crippen LogP contribution in [0.2, 0.25) is 5.02 Å². The number of nitrogens with zero attached hydrogens (tertiary/aromatic N) is 1. The Morgan fingerprint density at radius 2 is 2.11 bits per heavy atom. The molecule has 1 aromatic carbocycles. The van der Waals surface area contributed by atoms with Crippen molar-refractivity contribution in [3.05, 3.63) is 47.1 Å². The molecule has 0 spiro atoms. The maximum absolute atomic E-state index is 6.31. The highest BCUT2D eigenvalue weighted by Gasteiger charge is 2.06. The minimum absolute atomic E-state index is 0.586. The normalized spacial score (nSPS) is 10.4. The number of halogens is 1. The molecule has 18 heavy (non-hydrogen) atoms. The summed E-state index contributed by atoms with van der Waals surface area (Å²) in [4.78, 5) is 4.08. The lowest BCUT2D eigenvalue weighted by molar-refractivity contribution is 0.398. The van der Waals surface area contributed by atoms with Crippen LogP contribution in [0.5, 0.6) is 5.88 Å². The van der Waals surface area contributed by atoms with Crippen LogP contribution < -0.4 is 10.1 Å². The summed E-state index contributed by atoms with van der Waals surface area (Å²) in [6.07, 6.45) is 1.71. The number of aromatic nitrogens is 1. The van der Waals surface area contributed by atoms with E-state index in [1.54, 1.807) is 13.3 Å². The smallest absolute Gasteiger partial charge is 0.213 e. The highest BCUT2D eigenvalue weighted by Crippen LogP contribution is 2.30. The largest absolute Gasteiger partial charge is 0.481 e. The maximum Gasteiger partial charge on any atom is 0.213 e. The average Bonchev–Trinajstić information content (AvgIpc) is 2.39. The monoisotopic (exact) mass is 262 g/mol. The van der Waals surface area contributed by atoms with Crippen molar-refractivity contribution in [2.24, 2.45) is 0 Å². The van der Waals surface area contributed by atoms with Crippen LogP contribution >= 0.6 is 11.6 Å². The zero-order valence-electron chi connectivity index (χ0n) is 10.4. The summed E-state index contributed by atoms with van der Waals surface area (Å²) in [6.45, 7) is 0.805. The summed E-state index contributed by atoms with van der Waals surface area (Å²) < 4.78 is 5.11. The quantitative estimate of drug-likeness (QED) is 0.919. The number of rotatable bonds is 4. The Bertz CT molecular complexity index is 543. The zero-order chi connectivity index (χ0) is 13.0. The van der Waals surface area contributed by atoms with Crippen LogP contribution in [0, 0.1) is 0 Å². The number of methoxy groups -OCH3 is 1. The van der Waals surface area contributed by atoms with Gasteiger partial charge in [0.1, 0.15) is 0 Å². The van der Waals surface area contributed by atoms with E-state index in [0.717, 1.165) is 28.3 Å². The lowest BCUT2D eigenvalue weighted by atomic mass is 10.0. The predicted octanol–water partition coefficient (Wildman–Crippen LogP) is 3.13. The second-order valence-electron chi connectivity index (χ2n) is 3.93. The molecule has 0 unspecified atom stereocenters. The second kappa shape index (κ2) is 5.85. The molecule has 94 valence electrons. The fourth-order valence-corrected chi connectivity index (χ4v) is 2.11. The van der Waals surface area contributed by atoms with Gasteiger partial charge in [0, 0.05) is 29.4 Å². The molecule has 0 radical (unpaired) electrons. The Hall–Kier alpha value is -1.58. The van der Waals surface area contributed by atoms with Gasteiger partial charge in [-0.1, -0.05) is 23.7 Å². The molecule has 0 atom stereocenters. The SMILES string of the molecule is CNCc1ccc(-c2ccnc(OC)c2)c(Cl)c1. The molecule has 0 amide bonds. The van der Waals surface area contributed by atoms with Crippen molar-refractivity contribution in [1.29, 1.82) is 0 Å². The summed E-state index contributed by atoms with van der Waals surface area (Å²) in [5.41, 5.74) is 3.15. The summed E-state index contributed by atoms with van der Waals surface area (Å²) in [5, 5.41) is 3.83. The molecule has 0 aliphatic heterocycles. The average molecular weight is 263 g/mol. The molecule has 0 aliphatic rings. The molecular formula is C14H15ClN2O. The van der Waals surface area contributed by atoms with E-state index in [4.69, 9.17) is 16.3 Å². The van der Waals surface area contributed by atoms with E-state index >= 15 is 0 Å².